The molecule has 4 nitrogen and oxygen atoms in total. The Morgan fingerprint density at radius 2 is 0.794 bits per heavy atom. The molecule has 10 aromatic carbocycles. The number of thiophene rings is 1. The lowest BCUT2D eigenvalue weighted by Gasteiger charge is -2.19. The lowest BCUT2D eigenvalue weighted by molar-refractivity contribution is 1.07. The summed E-state index contributed by atoms with van der Waals surface area (Å²) in [5.74, 6) is 1.86. The van der Waals surface area contributed by atoms with Crippen LogP contribution in [0, 0.1) is 0 Å². The first-order valence-corrected chi connectivity index (χ1v) is 23.8. The molecule has 3 heterocycles. The quantitative estimate of drug-likeness (QED) is 0.153. The minimum absolute atomic E-state index is 0.611. The molecule has 0 saturated heterocycles. The van der Waals surface area contributed by atoms with Crippen molar-refractivity contribution in [2.24, 2.45) is 0 Å². The summed E-state index contributed by atoms with van der Waals surface area (Å²) >= 11 is 1.87. The van der Waals surface area contributed by atoms with E-state index >= 15 is 0 Å². The first kappa shape index (κ1) is 39.6. The van der Waals surface area contributed by atoms with E-state index in [1.54, 1.807) is 0 Å². The summed E-state index contributed by atoms with van der Waals surface area (Å²) in [5.41, 5.74) is 15.3. The van der Waals surface area contributed by atoms with Crippen LogP contribution in [-0.2, 0) is 0 Å². The molecule has 68 heavy (non-hydrogen) atoms. The second kappa shape index (κ2) is 16.6. The predicted molar refractivity (Wildman–Crippen MR) is 285 cm³/mol. The van der Waals surface area contributed by atoms with Gasteiger partial charge < -0.3 is 4.57 Å². The number of fused-ring (bicyclic) bond motifs is 7. The van der Waals surface area contributed by atoms with Crippen molar-refractivity contribution >= 4 is 53.3 Å². The van der Waals surface area contributed by atoms with Gasteiger partial charge in [-0.1, -0.05) is 212 Å². The molecule has 0 amide bonds. The molecule has 13 rings (SSSR count). The average Bonchev–Trinajstić information content (AvgIpc) is 3.98. The minimum Gasteiger partial charge on any atom is -0.309 e. The van der Waals surface area contributed by atoms with Gasteiger partial charge in [0.25, 0.3) is 0 Å². The Morgan fingerprint density at radius 3 is 1.43 bits per heavy atom. The van der Waals surface area contributed by atoms with Gasteiger partial charge in [0, 0.05) is 58.9 Å². The van der Waals surface area contributed by atoms with E-state index in [9.17, 15) is 0 Å². The van der Waals surface area contributed by atoms with E-state index in [2.05, 4.69) is 211 Å². The lowest BCUT2D eigenvalue weighted by Crippen LogP contribution is -2.01. The van der Waals surface area contributed by atoms with Gasteiger partial charge in [0.1, 0.15) is 0 Å². The number of hydrogen-bond acceptors (Lipinski definition) is 4. The molecule has 0 unspecified atom stereocenters. The van der Waals surface area contributed by atoms with Crippen molar-refractivity contribution in [1.29, 1.82) is 0 Å². The summed E-state index contributed by atoms with van der Waals surface area (Å²) in [6.45, 7) is 0. The van der Waals surface area contributed by atoms with Gasteiger partial charge in [-0.25, -0.2) is 15.0 Å². The molecule has 0 aliphatic rings. The highest BCUT2D eigenvalue weighted by atomic mass is 32.1. The van der Waals surface area contributed by atoms with Crippen molar-refractivity contribution in [1.82, 2.24) is 19.5 Å². The Labute approximate surface area is 397 Å². The van der Waals surface area contributed by atoms with E-state index in [0.717, 1.165) is 66.9 Å². The third-order valence-corrected chi connectivity index (χ3v) is 14.4. The van der Waals surface area contributed by atoms with Crippen LogP contribution >= 0.6 is 11.3 Å². The Bertz CT molecular complexity index is 3880. The van der Waals surface area contributed by atoms with E-state index in [0.29, 0.717) is 17.5 Å². The summed E-state index contributed by atoms with van der Waals surface area (Å²) in [5, 5.41) is 4.99. The molecule has 0 aliphatic heterocycles. The minimum atomic E-state index is 0.611. The zero-order chi connectivity index (χ0) is 45.0. The van der Waals surface area contributed by atoms with E-state index in [4.69, 9.17) is 15.0 Å². The van der Waals surface area contributed by atoms with Crippen LogP contribution in [-0.4, -0.2) is 19.5 Å². The van der Waals surface area contributed by atoms with Crippen LogP contribution < -0.4 is 0 Å². The smallest absolute Gasteiger partial charge is 0.164 e. The molecule has 0 atom stereocenters. The van der Waals surface area contributed by atoms with Crippen molar-refractivity contribution < 1.29 is 0 Å². The Hall–Kier alpha value is -8.77. The van der Waals surface area contributed by atoms with Crippen molar-refractivity contribution in [3.63, 3.8) is 0 Å². The maximum atomic E-state index is 5.39. The zero-order valence-electron chi connectivity index (χ0n) is 36.8. The van der Waals surface area contributed by atoms with Crippen LogP contribution in [0.2, 0.25) is 0 Å². The standard InChI is InChI=1S/C63H40N4S/c1-6-20-41(21-7-1)47-31-18-32-48(42-22-8-2-9-23-42)57(47)45-36-37-49(54(40-45)63-65-61(43-24-10-3-11-25-43)64-62(66-63)44-26-12-4-13-27-44)50-33-19-34-51-52-38-39-56-58(60(52)68-59(50)51)53-30-16-17-35-55(53)67(56)46-28-14-5-15-29-46/h1-40H. The fourth-order valence-corrected chi connectivity index (χ4v) is 11.4. The predicted octanol–water partition coefficient (Wildman–Crippen LogP) is 17.0. The maximum absolute atomic E-state index is 5.39. The highest BCUT2D eigenvalue weighted by Gasteiger charge is 2.23. The molecule has 3 aromatic heterocycles. The Balaban J connectivity index is 1.11. The summed E-state index contributed by atoms with van der Waals surface area (Å²) in [6.07, 6.45) is 0. The summed E-state index contributed by atoms with van der Waals surface area (Å²) in [4.78, 5) is 15.9. The first-order valence-electron chi connectivity index (χ1n) is 22.9. The average molecular weight is 885 g/mol. The van der Waals surface area contributed by atoms with Crippen molar-refractivity contribution in [2.45, 2.75) is 0 Å². The molecule has 0 radical (unpaired) electrons. The second-order valence-corrected chi connectivity index (χ2v) is 18.1. The molecule has 0 spiro atoms. The van der Waals surface area contributed by atoms with Crippen LogP contribution in [0.4, 0.5) is 0 Å². The van der Waals surface area contributed by atoms with Gasteiger partial charge in [-0.3, -0.25) is 0 Å². The van der Waals surface area contributed by atoms with Gasteiger partial charge >= 0.3 is 0 Å². The van der Waals surface area contributed by atoms with Gasteiger partial charge in [-0.15, -0.1) is 11.3 Å². The molecule has 0 bridgehead atoms. The highest BCUT2D eigenvalue weighted by molar-refractivity contribution is 7.27. The van der Waals surface area contributed by atoms with Gasteiger partial charge in [0.2, 0.25) is 0 Å². The fraction of sp³-hybridized carbons (Fsp3) is 0. The first-order chi connectivity index (χ1) is 33.7. The third-order valence-electron chi connectivity index (χ3n) is 13.1. The van der Waals surface area contributed by atoms with Gasteiger partial charge in [-0.2, -0.15) is 0 Å². The number of hydrogen-bond donors (Lipinski definition) is 0. The summed E-state index contributed by atoms with van der Waals surface area (Å²) < 4.78 is 4.89. The second-order valence-electron chi connectivity index (χ2n) is 17.1. The van der Waals surface area contributed by atoms with Crippen molar-refractivity contribution in [3.8, 4) is 84.4 Å². The van der Waals surface area contributed by atoms with Gasteiger partial charge in [0.05, 0.1) is 11.0 Å². The van der Waals surface area contributed by atoms with Crippen LogP contribution in [0.3, 0.4) is 0 Å². The van der Waals surface area contributed by atoms with Crippen molar-refractivity contribution in [2.75, 3.05) is 0 Å². The van der Waals surface area contributed by atoms with E-state index < -0.39 is 0 Å². The molecule has 0 N–H and O–H groups in total. The summed E-state index contributed by atoms with van der Waals surface area (Å²) in [6, 6.07) is 86.3. The van der Waals surface area contributed by atoms with Crippen molar-refractivity contribution in [3.05, 3.63) is 243 Å². The molecule has 0 fully saturated rings. The SMILES string of the molecule is c1ccc(-c2nc(-c3ccccc3)nc(-c3cc(-c4c(-c5ccccc5)cccc4-c4ccccc4)ccc3-c3cccc4c3sc3c4ccc4c3c3ccccc3n4-c3ccccc3)n2)cc1. The molecule has 0 saturated carbocycles. The number of para-hydroxylation sites is 2. The van der Waals surface area contributed by atoms with Gasteiger partial charge in [-0.05, 0) is 69.3 Å². The summed E-state index contributed by atoms with van der Waals surface area (Å²) in [7, 11) is 0. The number of benzene rings is 10. The fourth-order valence-electron chi connectivity index (χ4n) is 10.0. The van der Waals surface area contributed by atoms with Gasteiger partial charge in [0.15, 0.2) is 17.5 Å². The highest BCUT2D eigenvalue weighted by Crippen LogP contribution is 2.49. The molecular weight excluding hydrogens is 845 g/mol. The molecular formula is C63H40N4S. The largest absolute Gasteiger partial charge is 0.309 e. The van der Waals surface area contributed by atoms with E-state index in [1.807, 2.05) is 47.7 Å². The third kappa shape index (κ3) is 6.71. The molecule has 13 aromatic rings. The van der Waals surface area contributed by atoms with E-state index in [-0.39, 0.29) is 0 Å². The Kier molecular flexibility index (Phi) is 9.66. The number of nitrogens with zero attached hydrogens (tertiary/aromatic N) is 4. The topological polar surface area (TPSA) is 43.6 Å². The number of rotatable bonds is 8. The van der Waals surface area contributed by atoms with Crippen LogP contribution in [0.25, 0.3) is 126 Å². The monoisotopic (exact) mass is 884 g/mol. The van der Waals surface area contributed by atoms with Crippen LogP contribution in [0.1, 0.15) is 0 Å². The molecule has 318 valence electrons. The maximum Gasteiger partial charge on any atom is 0.164 e. The lowest BCUT2D eigenvalue weighted by atomic mass is 9.85. The zero-order valence-corrected chi connectivity index (χ0v) is 37.6. The normalized spacial score (nSPS) is 11.5. The van der Waals surface area contributed by atoms with Crippen LogP contribution in [0.5, 0.6) is 0 Å². The van der Waals surface area contributed by atoms with E-state index in [1.165, 1.54) is 42.0 Å². The number of aromatic nitrogens is 4. The molecule has 0 aliphatic carbocycles. The molecule has 5 heteroatoms. The van der Waals surface area contributed by atoms with Crippen LogP contribution in [0.15, 0.2) is 243 Å². The Morgan fingerprint density at radius 1 is 0.294 bits per heavy atom.